The van der Waals surface area contributed by atoms with Crippen LogP contribution in [0.4, 0.5) is 0 Å². The Hall–Kier alpha value is -1.18. The average molecular weight is 329 g/mol. The highest BCUT2D eigenvalue weighted by Gasteiger charge is 2.19. The highest BCUT2D eigenvalue weighted by atomic mass is 16.5. The third kappa shape index (κ3) is 9.53. The monoisotopic (exact) mass is 329 g/mol. The molecule has 0 unspecified atom stereocenters. The first-order chi connectivity index (χ1) is 11.1. The van der Waals surface area contributed by atoms with Crippen LogP contribution in [-0.4, -0.2) is 87.3 Å². The third-order valence-electron chi connectivity index (χ3n) is 3.77. The standard InChI is InChI=1S/C16H31N3O4/c1-3-4-10-22-12-13-23-11-5-17-16(21)14-18-6-8-19(9-7-18)15(2)20/h3-14H2,1-2H3,(H,17,21). The molecule has 0 bridgehead atoms. The summed E-state index contributed by atoms with van der Waals surface area (Å²) in [6, 6.07) is 0. The first-order valence-corrected chi connectivity index (χ1v) is 8.53. The molecule has 1 rings (SSSR count). The normalized spacial score (nSPS) is 15.7. The number of rotatable bonds is 11. The van der Waals surface area contributed by atoms with Gasteiger partial charge in [-0.3, -0.25) is 14.5 Å². The summed E-state index contributed by atoms with van der Waals surface area (Å²) in [5, 5.41) is 2.85. The molecule has 1 aliphatic heterocycles. The molecule has 0 aliphatic carbocycles. The van der Waals surface area contributed by atoms with E-state index >= 15 is 0 Å². The van der Waals surface area contributed by atoms with Gasteiger partial charge in [-0.15, -0.1) is 0 Å². The fourth-order valence-corrected chi connectivity index (χ4v) is 2.31. The van der Waals surface area contributed by atoms with Crippen LogP contribution in [0.5, 0.6) is 0 Å². The number of nitrogens with zero attached hydrogens (tertiary/aromatic N) is 2. The zero-order valence-electron chi connectivity index (χ0n) is 14.5. The van der Waals surface area contributed by atoms with Gasteiger partial charge in [0, 0.05) is 46.3 Å². The van der Waals surface area contributed by atoms with Crippen molar-refractivity contribution < 1.29 is 19.1 Å². The summed E-state index contributed by atoms with van der Waals surface area (Å²) in [5.74, 6) is 0.106. The maximum absolute atomic E-state index is 11.8. The number of ether oxygens (including phenoxy) is 2. The molecule has 1 fully saturated rings. The lowest BCUT2D eigenvalue weighted by Gasteiger charge is -2.33. The summed E-state index contributed by atoms with van der Waals surface area (Å²) in [7, 11) is 0. The Kier molecular flexibility index (Phi) is 10.6. The van der Waals surface area contributed by atoms with Gasteiger partial charge >= 0.3 is 0 Å². The van der Waals surface area contributed by atoms with Gasteiger partial charge in [0.25, 0.3) is 0 Å². The molecule has 1 N–H and O–H groups in total. The number of unbranched alkanes of at least 4 members (excludes halogenated alkanes) is 1. The number of carbonyl (C=O) groups excluding carboxylic acids is 2. The predicted molar refractivity (Wildman–Crippen MR) is 88.2 cm³/mol. The molecular formula is C16H31N3O4. The van der Waals surface area contributed by atoms with Gasteiger partial charge in [0.2, 0.25) is 11.8 Å². The molecule has 0 spiro atoms. The van der Waals surface area contributed by atoms with Crippen LogP contribution >= 0.6 is 0 Å². The van der Waals surface area contributed by atoms with Crippen molar-refractivity contribution in [3.8, 4) is 0 Å². The van der Waals surface area contributed by atoms with Crippen molar-refractivity contribution >= 4 is 11.8 Å². The molecule has 0 aromatic heterocycles. The molecule has 0 atom stereocenters. The molecule has 7 nitrogen and oxygen atoms in total. The summed E-state index contributed by atoms with van der Waals surface area (Å²) >= 11 is 0. The van der Waals surface area contributed by atoms with Crippen LogP contribution < -0.4 is 5.32 Å². The van der Waals surface area contributed by atoms with E-state index in [9.17, 15) is 9.59 Å². The second-order valence-electron chi connectivity index (χ2n) is 5.71. The van der Waals surface area contributed by atoms with E-state index in [0.717, 1.165) is 32.5 Å². The molecule has 7 heteroatoms. The average Bonchev–Trinajstić information content (AvgIpc) is 2.54. The van der Waals surface area contributed by atoms with Gasteiger partial charge < -0.3 is 19.7 Å². The van der Waals surface area contributed by atoms with Gasteiger partial charge in [0.1, 0.15) is 0 Å². The summed E-state index contributed by atoms with van der Waals surface area (Å²) in [6.07, 6.45) is 2.22. The number of piperazine rings is 1. The van der Waals surface area contributed by atoms with E-state index < -0.39 is 0 Å². The first kappa shape index (κ1) is 19.9. The lowest BCUT2D eigenvalue weighted by molar-refractivity contribution is -0.131. The Bertz CT molecular complexity index is 344. The molecule has 0 saturated carbocycles. The molecule has 0 aromatic carbocycles. The van der Waals surface area contributed by atoms with Gasteiger partial charge in [-0.1, -0.05) is 13.3 Å². The minimum absolute atomic E-state index is 0.00377. The Labute approximate surface area is 139 Å². The third-order valence-corrected chi connectivity index (χ3v) is 3.77. The van der Waals surface area contributed by atoms with Crippen LogP contribution in [0.1, 0.15) is 26.7 Å². The Balaban J connectivity index is 1.94. The zero-order chi connectivity index (χ0) is 16.9. The SMILES string of the molecule is CCCCOCCOCCNC(=O)CN1CCN(C(C)=O)CC1. The molecular weight excluding hydrogens is 298 g/mol. The van der Waals surface area contributed by atoms with E-state index in [4.69, 9.17) is 9.47 Å². The van der Waals surface area contributed by atoms with Gasteiger partial charge in [0.05, 0.1) is 26.4 Å². The minimum atomic E-state index is 0.00377. The van der Waals surface area contributed by atoms with Crippen LogP contribution in [0.15, 0.2) is 0 Å². The quantitative estimate of drug-likeness (QED) is 0.545. The molecule has 1 saturated heterocycles. The minimum Gasteiger partial charge on any atom is -0.379 e. The summed E-state index contributed by atoms with van der Waals surface area (Å²) in [5.41, 5.74) is 0. The topological polar surface area (TPSA) is 71.1 Å². The Morgan fingerprint density at radius 3 is 2.26 bits per heavy atom. The highest BCUT2D eigenvalue weighted by molar-refractivity contribution is 5.78. The van der Waals surface area contributed by atoms with E-state index in [2.05, 4.69) is 17.1 Å². The first-order valence-electron chi connectivity index (χ1n) is 8.53. The maximum atomic E-state index is 11.8. The van der Waals surface area contributed by atoms with Gasteiger partial charge in [0.15, 0.2) is 0 Å². The molecule has 134 valence electrons. The number of hydrogen-bond acceptors (Lipinski definition) is 5. The Morgan fingerprint density at radius 1 is 1.00 bits per heavy atom. The van der Waals surface area contributed by atoms with E-state index in [-0.39, 0.29) is 11.8 Å². The van der Waals surface area contributed by atoms with Crippen molar-refractivity contribution in [3.63, 3.8) is 0 Å². The van der Waals surface area contributed by atoms with E-state index in [1.54, 1.807) is 6.92 Å². The molecule has 23 heavy (non-hydrogen) atoms. The fraction of sp³-hybridized carbons (Fsp3) is 0.875. The van der Waals surface area contributed by atoms with Gasteiger partial charge in [-0.25, -0.2) is 0 Å². The summed E-state index contributed by atoms with van der Waals surface area (Å²) in [4.78, 5) is 26.9. The van der Waals surface area contributed by atoms with Crippen LogP contribution in [0.3, 0.4) is 0 Å². The van der Waals surface area contributed by atoms with Gasteiger partial charge in [-0.2, -0.15) is 0 Å². The molecule has 1 aliphatic rings. The second-order valence-corrected chi connectivity index (χ2v) is 5.71. The van der Waals surface area contributed by atoms with Crippen LogP contribution in [0.2, 0.25) is 0 Å². The molecule has 0 aromatic rings. The van der Waals surface area contributed by atoms with E-state index in [1.165, 1.54) is 0 Å². The van der Waals surface area contributed by atoms with Crippen LogP contribution in [0, 0.1) is 0 Å². The zero-order valence-corrected chi connectivity index (χ0v) is 14.5. The van der Waals surface area contributed by atoms with Gasteiger partial charge in [-0.05, 0) is 6.42 Å². The van der Waals surface area contributed by atoms with E-state index in [1.807, 2.05) is 4.90 Å². The number of nitrogens with one attached hydrogen (secondary N) is 1. The smallest absolute Gasteiger partial charge is 0.234 e. The van der Waals surface area contributed by atoms with Crippen molar-refractivity contribution in [3.05, 3.63) is 0 Å². The fourth-order valence-electron chi connectivity index (χ4n) is 2.31. The summed E-state index contributed by atoms with van der Waals surface area (Å²) < 4.78 is 10.8. The number of amides is 2. The van der Waals surface area contributed by atoms with Crippen molar-refractivity contribution in [2.75, 3.05) is 65.7 Å². The van der Waals surface area contributed by atoms with Crippen LogP contribution in [-0.2, 0) is 19.1 Å². The maximum Gasteiger partial charge on any atom is 0.234 e. The van der Waals surface area contributed by atoms with Crippen molar-refractivity contribution in [2.45, 2.75) is 26.7 Å². The van der Waals surface area contributed by atoms with Crippen molar-refractivity contribution in [1.29, 1.82) is 0 Å². The van der Waals surface area contributed by atoms with Crippen molar-refractivity contribution in [2.24, 2.45) is 0 Å². The lowest BCUT2D eigenvalue weighted by Crippen LogP contribution is -2.50. The Morgan fingerprint density at radius 2 is 1.65 bits per heavy atom. The highest BCUT2D eigenvalue weighted by Crippen LogP contribution is 2.01. The second kappa shape index (κ2) is 12.3. The van der Waals surface area contributed by atoms with E-state index in [0.29, 0.717) is 46.0 Å². The number of hydrogen-bond donors (Lipinski definition) is 1. The largest absolute Gasteiger partial charge is 0.379 e. The molecule has 0 radical (unpaired) electrons. The number of carbonyl (C=O) groups is 2. The van der Waals surface area contributed by atoms with Crippen molar-refractivity contribution in [1.82, 2.24) is 15.1 Å². The molecule has 2 amide bonds. The summed E-state index contributed by atoms with van der Waals surface area (Å²) in [6.45, 7) is 9.95. The predicted octanol–water partition coefficient (Wildman–Crippen LogP) is 0.100. The lowest BCUT2D eigenvalue weighted by atomic mass is 10.3. The molecule has 1 heterocycles. The van der Waals surface area contributed by atoms with Crippen LogP contribution in [0.25, 0.3) is 0 Å².